The highest BCUT2D eigenvalue weighted by molar-refractivity contribution is 7.58. The lowest BCUT2D eigenvalue weighted by Gasteiger charge is -2.12. The molecule has 1 aliphatic rings. The first-order valence-corrected chi connectivity index (χ1v) is 13.5. The normalized spacial score (nSPS) is 12.8. The van der Waals surface area contributed by atoms with Crippen molar-refractivity contribution >= 4 is 89.4 Å². The Labute approximate surface area is 222 Å². The molecule has 0 saturated heterocycles. The summed E-state index contributed by atoms with van der Waals surface area (Å²) in [5, 5.41) is 4.29. The van der Waals surface area contributed by atoms with Gasteiger partial charge in [0.2, 0.25) is 0 Å². The molecule has 0 fully saturated rings. The summed E-state index contributed by atoms with van der Waals surface area (Å²) in [6, 6.07) is 28.7. The highest BCUT2D eigenvalue weighted by atomic mass is 32.1. The molecule has 0 saturated carbocycles. The molecule has 0 N–H and O–H groups in total. The van der Waals surface area contributed by atoms with E-state index in [0.29, 0.717) is 0 Å². The molecule has 178 valence electrons. The number of nitrogens with zero attached hydrogens (tertiary/aromatic N) is 4. The molecule has 3 aromatic heterocycles. The molecule has 1 aliphatic heterocycles. The maximum atomic E-state index is 6.06. The second-order valence-electron chi connectivity index (χ2n) is 9.29. The third-order valence-electron chi connectivity index (χ3n) is 7.26. The van der Waals surface area contributed by atoms with Crippen LogP contribution in [0.25, 0.3) is 77.2 Å². The van der Waals surface area contributed by atoms with Crippen LogP contribution in [0, 0.1) is 0 Å². The lowest BCUT2D eigenvalue weighted by molar-refractivity contribution is 0.668. The molecule has 9 rings (SSSR count). The van der Waals surface area contributed by atoms with Crippen LogP contribution in [-0.4, -0.2) is 8.75 Å². The van der Waals surface area contributed by atoms with Crippen LogP contribution < -0.4 is 0 Å². The van der Waals surface area contributed by atoms with Crippen molar-refractivity contribution in [2.45, 2.75) is 0 Å². The molecule has 0 bridgehead atoms. The van der Waals surface area contributed by atoms with Crippen molar-refractivity contribution in [1.29, 1.82) is 0 Å². The molecule has 0 radical (unpaired) electrons. The number of rotatable bonds is 2. The van der Waals surface area contributed by atoms with E-state index in [1.807, 2.05) is 48.5 Å². The molecule has 38 heavy (non-hydrogen) atoms. The smallest absolute Gasteiger partial charge is 0.135 e. The van der Waals surface area contributed by atoms with Crippen LogP contribution in [0.15, 0.2) is 102 Å². The number of hydrogen-bond acceptors (Lipinski definition) is 7. The zero-order valence-electron chi connectivity index (χ0n) is 19.5. The Morgan fingerprint density at radius 1 is 0.500 bits per heavy atom. The number of furan rings is 2. The number of fused-ring (bicyclic) bond motifs is 8. The Hall–Kier alpha value is -4.66. The van der Waals surface area contributed by atoms with Gasteiger partial charge in [-0.1, -0.05) is 48.5 Å². The maximum absolute atomic E-state index is 6.06. The second kappa shape index (κ2) is 7.44. The number of aromatic nitrogens is 2. The standard InChI is InChI=1S/C30H14N4O2S2/c1-3-7-21-17(5-1)19-13-15(9-11-23(19)35-21)25-27-29(33-37-31-27)26(30-28(25)32-38-34-30)16-10-12-24-20(14-16)18-6-2-4-8-22(18)36-24/h1-14H. The molecular weight excluding hydrogens is 512 g/mol. The van der Waals surface area contributed by atoms with Gasteiger partial charge in [0, 0.05) is 32.7 Å². The van der Waals surface area contributed by atoms with Gasteiger partial charge < -0.3 is 8.83 Å². The highest BCUT2D eigenvalue weighted by Crippen LogP contribution is 2.52. The van der Waals surface area contributed by atoms with Gasteiger partial charge in [-0.25, -0.2) is 0 Å². The largest absolute Gasteiger partial charge is 0.456 e. The SMILES string of the molecule is c1ccc2c(c1)oc1ccc(-c3c4c(c(-c5ccc6oc7ccccc7c6c5)c5nsnc35)N=S=N4)cc12. The number of para-hydroxylation sites is 2. The summed E-state index contributed by atoms with van der Waals surface area (Å²) in [5.74, 6) is 0. The molecule has 0 unspecified atom stereocenters. The van der Waals surface area contributed by atoms with E-state index in [2.05, 4.69) is 36.4 Å². The summed E-state index contributed by atoms with van der Waals surface area (Å²) in [7, 11) is 0. The monoisotopic (exact) mass is 526 g/mol. The molecule has 6 nitrogen and oxygen atoms in total. The Bertz CT molecular complexity index is 2200. The molecule has 0 amide bonds. The molecule has 0 spiro atoms. The Kier molecular flexibility index (Phi) is 3.99. The average molecular weight is 527 g/mol. The van der Waals surface area contributed by atoms with Crippen LogP contribution in [0.4, 0.5) is 11.4 Å². The van der Waals surface area contributed by atoms with Gasteiger partial charge in [-0.2, -0.15) is 17.5 Å². The third kappa shape index (κ3) is 2.70. The minimum Gasteiger partial charge on any atom is -0.456 e. The number of benzene rings is 5. The zero-order valence-corrected chi connectivity index (χ0v) is 21.1. The molecule has 5 aromatic carbocycles. The van der Waals surface area contributed by atoms with Gasteiger partial charge in [-0.05, 0) is 47.5 Å². The maximum Gasteiger partial charge on any atom is 0.135 e. The van der Waals surface area contributed by atoms with E-state index >= 15 is 0 Å². The summed E-state index contributed by atoms with van der Waals surface area (Å²) in [4.78, 5) is 0. The highest BCUT2D eigenvalue weighted by Gasteiger charge is 2.27. The van der Waals surface area contributed by atoms with E-state index in [0.717, 1.165) is 88.5 Å². The lowest BCUT2D eigenvalue weighted by atomic mass is 9.93. The summed E-state index contributed by atoms with van der Waals surface area (Å²) < 4.78 is 31.2. The van der Waals surface area contributed by atoms with E-state index in [9.17, 15) is 0 Å². The Balaban J connectivity index is 1.33. The van der Waals surface area contributed by atoms with Crippen molar-refractivity contribution in [3.8, 4) is 22.3 Å². The molecular formula is C30H14N4O2S2. The van der Waals surface area contributed by atoms with Crippen molar-refractivity contribution in [3.05, 3.63) is 84.9 Å². The molecule has 0 aliphatic carbocycles. The van der Waals surface area contributed by atoms with Gasteiger partial charge >= 0.3 is 0 Å². The van der Waals surface area contributed by atoms with Crippen molar-refractivity contribution in [3.63, 3.8) is 0 Å². The van der Waals surface area contributed by atoms with Crippen LogP contribution in [0.2, 0.25) is 0 Å². The van der Waals surface area contributed by atoms with E-state index in [1.165, 1.54) is 23.1 Å². The first kappa shape index (κ1) is 20.4. The van der Waals surface area contributed by atoms with Crippen LogP contribution >= 0.6 is 11.7 Å². The fraction of sp³-hybridized carbons (Fsp3) is 0. The molecule has 8 aromatic rings. The first-order chi connectivity index (χ1) is 18.8. The fourth-order valence-electron chi connectivity index (χ4n) is 5.57. The Morgan fingerprint density at radius 3 is 1.50 bits per heavy atom. The van der Waals surface area contributed by atoms with Gasteiger partial charge in [0.25, 0.3) is 0 Å². The van der Waals surface area contributed by atoms with Gasteiger partial charge in [0.15, 0.2) is 0 Å². The summed E-state index contributed by atoms with van der Waals surface area (Å²) in [6.07, 6.45) is 0. The predicted molar refractivity (Wildman–Crippen MR) is 154 cm³/mol. The van der Waals surface area contributed by atoms with Crippen molar-refractivity contribution in [2.75, 3.05) is 0 Å². The molecule has 8 heteroatoms. The van der Waals surface area contributed by atoms with Gasteiger partial charge in [-0.3, -0.25) is 0 Å². The quantitative estimate of drug-likeness (QED) is 0.225. The van der Waals surface area contributed by atoms with E-state index in [1.54, 1.807) is 0 Å². The van der Waals surface area contributed by atoms with Crippen molar-refractivity contribution in [2.24, 2.45) is 8.73 Å². The summed E-state index contributed by atoms with van der Waals surface area (Å²) >= 11 is 2.42. The average Bonchev–Trinajstić information content (AvgIpc) is 3.75. The minimum atomic E-state index is 0.828. The summed E-state index contributed by atoms with van der Waals surface area (Å²) in [6.45, 7) is 0. The van der Waals surface area contributed by atoms with Crippen LogP contribution in [0.5, 0.6) is 0 Å². The van der Waals surface area contributed by atoms with Crippen LogP contribution in [-0.2, 0) is 11.4 Å². The molecule has 4 heterocycles. The topological polar surface area (TPSA) is 76.8 Å². The first-order valence-electron chi connectivity index (χ1n) is 12.1. The van der Waals surface area contributed by atoms with Gasteiger partial charge in [0.05, 0.1) is 23.1 Å². The van der Waals surface area contributed by atoms with E-state index in [4.69, 9.17) is 26.3 Å². The van der Waals surface area contributed by atoms with Gasteiger partial charge in [0.1, 0.15) is 44.7 Å². The van der Waals surface area contributed by atoms with Gasteiger partial charge in [-0.15, -0.1) is 0 Å². The van der Waals surface area contributed by atoms with Crippen LogP contribution in [0.1, 0.15) is 0 Å². The lowest BCUT2D eigenvalue weighted by Crippen LogP contribution is -1.88. The van der Waals surface area contributed by atoms with E-state index < -0.39 is 0 Å². The summed E-state index contributed by atoms with van der Waals surface area (Å²) in [5.41, 5.74) is 10.7. The number of hydrogen-bond donors (Lipinski definition) is 0. The minimum absolute atomic E-state index is 0.828. The van der Waals surface area contributed by atoms with Crippen molar-refractivity contribution in [1.82, 2.24) is 8.75 Å². The van der Waals surface area contributed by atoms with Crippen molar-refractivity contribution < 1.29 is 8.83 Å². The Morgan fingerprint density at radius 2 is 0.974 bits per heavy atom. The molecule has 0 atom stereocenters. The zero-order chi connectivity index (χ0) is 24.8. The van der Waals surface area contributed by atoms with Crippen LogP contribution in [0.3, 0.4) is 0 Å². The predicted octanol–water partition coefficient (Wildman–Crippen LogP) is 9.55. The fourth-order valence-corrected chi connectivity index (χ4v) is 6.69. The van der Waals surface area contributed by atoms with E-state index in [-0.39, 0.29) is 0 Å². The second-order valence-corrected chi connectivity index (χ2v) is 10.3. The third-order valence-corrected chi connectivity index (χ3v) is 8.31.